The van der Waals surface area contributed by atoms with Gasteiger partial charge in [0.25, 0.3) is 0 Å². The monoisotopic (exact) mass is 286 g/mol. The van der Waals surface area contributed by atoms with Crippen LogP contribution in [0.25, 0.3) is 0 Å². The predicted octanol–water partition coefficient (Wildman–Crippen LogP) is 3.42. The number of benzene rings is 2. The molecule has 0 aliphatic rings. The highest BCUT2D eigenvalue weighted by atomic mass is 35.5. The van der Waals surface area contributed by atoms with Crippen LogP contribution >= 0.6 is 11.6 Å². The molecule has 2 aromatic rings. The van der Waals surface area contributed by atoms with Crippen molar-refractivity contribution in [3.63, 3.8) is 0 Å². The summed E-state index contributed by atoms with van der Waals surface area (Å²) in [5, 5.41) is 4.51. The maximum absolute atomic E-state index is 11.6. The van der Waals surface area contributed by atoms with Crippen molar-refractivity contribution in [1.29, 1.82) is 0 Å². The number of hydrogen-bond acceptors (Lipinski definition) is 2. The van der Waals surface area contributed by atoms with E-state index < -0.39 is 0 Å². The van der Waals surface area contributed by atoms with E-state index in [-0.39, 0.29) is 5.91 Å². The molecule has 0 atom stereocenters. The number of nitrogens with zero attached hydrogens (tertiary/aromatic N) is 1. The van der Waals surface area contributed by atoms with Crippen LogP contribution in [0.3, 0.4) is 0 Å². The lowest BCUT2D eigenvalue weighted by Crippen LogP contribution is -2.17. The first kappa shape index (κ1) is 14.3. The van der Waals surface area contributed by atoms with Crippen molar-refractivity contribution in [2.45, 2.75) is 12.8 Å². The van der Waals surface area contributed by atoms with Crippen molar-refractivity contribution < 1.29 is 4.79 Å². The van der Waals surface area contributed by atoms with E-state index in [1.807, 2.05) is 48.5 Å². The Balaban J connectivity index is 1.79. The first-order valence-corrected chi connectivity index (χ1v) is 6.74. The number of carbonyl (C=O) groups is 1. The van der Waals surface area contributed by atoms with E-state index in [9.17, 15) is 4.79 Å². The fourth-order valence-corrected chi connectivity index (χ4v) is 1.90. The first-order valence-electron chi connectivity index (χ1n) is 6.36. The van der Waals surface area contributed by atoms with Crippen molar-refractivity contribution >= 4 is 23.7 Å². The second-order valence-corrected chi connectivity index (χ2v) is 4.71. The van der Waals surface area contributed by atoms with Crippen LogP contribution in [-0.4, -0.2) is 12.1 Å². The van der Waals surface area contributed by atoms with Crippen molar-refractivity contribution in [3.05, 3.63) is 70.7 Å². The lowest BCUT2D eigenvalue weighted by atomic mass is 10.1. The van der Waals surface area contributed by atoms with Crippen LogP contribution < -0.4 is 5.43 Å². The number of aryl methyl sites for hydroxylation is 1. The minimum Gasteiger partial charge on any atom is -0.273 e. The fourth-order valence-electron chi connectivity index (χ4n) is 1.71. The molecule has 0 radical (unpaired) electrons. The SMILES string of the molecule is O=C(CCc1ccccc1)N/N=C/c1ccccc1Cl. The molecule has 1 amide bonds. The molecule has 0 bridgehead atoms. The average Bonchev–Trinajstić information content (AvgIpc) is 2.48. The number of halogens is 1. The summed E-state index contributed by atoms with van der Waals surface area (Å²) in [5.41, 5.74) is 4.41. The van der Waals surface area contributed by atoms with Crippen LogP contribution in [0.15, 0.2) is 59.7 Å². The maximum atomic E-state index is 11.6. The van der Waals surface area contributed by atoms with Crippen molar-refractivity contribution in [2.24, 2.45) is 5.10 Å². The number of hydrazone groups is 1. The van der Waals surface area contributed by atoms with Crippen LogP contribution in [0.5, 0.6) is 0 Å². The summed E-state index contributed by atoms with van der Waals surface area (Å²) >= 11 is 5.98. The highest BCUT2D eigenvalue weighted by Crippen LogP contribution is 2.12. The Morgan fingerprint density at radius 1 is 1.10 bits per heavy atom. The quantitative estimate of drug-likeness (QED) is 0.664. The molecule has 0 fully saturated rings. The van der Waals surface area contributed by atoms with Gasteiger partial charge < -0.3 is 0 Å². The van der Waals surface area contributed by atoms with E-state index in [4.69, 9.17) is 11.6 Å². The molecule has 2 aromatic carbocycles. The van der Waals surface area contributed by atoms with Gasteiger partial charge in [0.1, 0.15) is 0 Å². The molecule has 0 unspecified atom stereocenters. The largest absolute Gasteiger partial charge is 0.273 e. The summed E-state index contributed by atoms with van der Waals surface area (Å²) in [6.45, 7) is 0. The van der Waals surface area contributed by atoms with E-state index >= 15 is 0 Å². The van der Waals surface area contributed by atoms with Gasteiger partial charge in [0.2, 0.25) is 5.91 Å². The van der Waals surface area contributed by atoms with Gasteiger partial charge in [-0.15, -0.1) is 0 Å². The van der Waals surface area contributed by atoms with Gasteiger partial charge >= 0.3 is 0 Å². The Kier molecular flexibility index (Phi) is 5.33. The molecule has 0 saturated heterocycles. The molecule has 0 heterocycles. The number of hydrogen-bond donors (Lipinski definition) is 1. The van der Waals surface area contributed by atoms with Crippen LogP contribution in [0.2, 0.25) is 5.02 Å². The summed E-state index contributed by atoms with van der Waals surface area (Å²) in [5.74, 6) is -0.114. The lowest BCUT2D eigenvalue weighted by molar-refractivity contribution is -0.121. The highest BCUT2D eigenvalue weighted by Gasteiger charge is 2.00. The smallest absolute Gasteiger partial charge is 0.240 e. The van der Waals surface area contributed by atoms with Crippen molar-refractivity contribution in [2.75, 3.05) is 0 Å². The zero-order valence-corrected chi connectivity index (χ0v) is 11.7. The second-order valence-electron chi connectivity index (χ2n) is 4.30. The second kappa shape index (κ2) is 7.46. The summed E-state index contributed by atoms with van der Waals surface area (Å²) in [6, 6.07) is 17.2. The van der Waals surface area contributed by atoms with Gasteiger partial charge in [-0.2, -0.15) is 5.10 Å². The van der Waals surface area contributed by atoms with Crippen LogP contribution in [0.4, 0.5) is 0 Å². The highest BCUT2D eigenvalue weighted by molar-refractivity contribution is 6.33. The molecule has 3 nitrogen and oxygen atoms in total. The maximum Gasteiger partial charge on any atom is 0.240 e. The topological polar surface area (TPSA) is 41.5 Å². The molecule has 4 heteroatoms. The number of amides is 1. The Hall–Kier alpha value is -2.13. The average molecular weight is 287 g/mol. The Bertz CT molecular complexity index is 596. The first-order chi connectivity index (χ1) is 9.75. The number of carbonyl (C=O) groups excluding carboxylic acids is 1. The predicted molar refractivity (Wildman–Crippen MR) is 82.0 cm³/mol. The standard InChI is InChI=1S/C16H15ClN2O/c17-15-9-5-4-8-14(15)12-18-19-16(20)11-10-13-6-2-1-3-7-13/h1-9,12H,10-11H2,(H,19,20)/b18-12+. The van der Waals surface area contributed by atoms with Crippen LogP contribution in [0, 0.1) is 0 Å². The third-order valence-electron chi connectivity index (χ3n) is 2.78. The zero-order valence-electron chi connectivity index (χ0n) is 10.9. The van der Waals surface area contributed by atoms with E-state index in [2.05, 4.69) is 10.5 Å². The Labute approximate surface area is 123 Å². The molecule has 0 spiro atoms. The number of rotatable bonds is 5. The number of nitrogens with one attached hydrogen (secondary N) is 1. The molecule has 0 aromatic heterocycles. The Morgan fingerprint density at radius 3 is 2.55 bits per heavy atom. The van der Waals surface area contributed by atoms with Gasteiger partial charge in [-0.25, -0.2) is 5.43 Å². The van der Waals surface area contributed by atoms with Crippen molar-refractivity contribution in [1.82, 2.24) is 5.43 Å². The minimum absolute atomic E-state index is 0.114. The third-order valence-corrected chi connectivity index (χ3v) is 3.13. The molecule has 102 valence electrons. The van der Waals surface area contributed by atoms with E-state index in [0.29, 0.717) is 17.9 Å². The van der Waals surface area contributed by atoms with Gasteiger partial charge in [0.15, 0.2) is 0 Å². The van der Waals surface area contributed by atoms with Crippen molar-refractivity contribution in [3.8, 4) is 0 Å². The molecule has 2 rings (SSSR count). The fraction of sp³-hybridized carbons (Fsp3) is 0.125. The molecule has 1 N–H and O–H groups in total. The normalized spacial score (nSPS) is 10.7. The molecule has 0 aliphatic heterocycles. The molecular weight excluding hydrogens is 272 g/mol. The minimum atomic E-state index is -0.114. The third kappa shape index (κ3) is 4.52. The van der Waals surface area contributed by atoms with E-state index in [0.717, 1.165) is 11.1 Å². The molecule has 0 saturated carbocycles. The lowest BCUT2D eigenvalue weighted by Gasteiger charge is -2.01. The van der Waals surface area contributed by atoms with Gasteiger partial charge in [-0.1, -0.05) is 60.1 Å². The van der Waals surface area contributed by atoms with Gasteiger partial charge in [0.05, 0.1) is 6.21 Å². The van der Waals surface area contributed by atoms with Gasteiger partial charge in [-0.3, -0.25) is 4.79 Å². The van der Waals surface area contributed by atoms with Crippen LogP contribution in [-0.2, 0) is 11.2 Å². The summed E-state index contributed by atoms with van der Waals surface area (Å²) in [4.78, 5) is 11.6. The molecular formula is C16H15ClN2O. The van der Waals surface area contributed by atoms with Gasteiger partial charge in [0, 0.05) is 17.0 Å². The zero-order chi connectivity index (χ0) is 14.2. The van der Waals surface area contributed by atoms with E-state index in [1.54, 1.807) is 12.3 Å². The summed E-state index contributed by atoms with van der Waals surface area (Å²) in [7, 11) is 0. The van der Waals surface area contributed by atoms with Crippen LogP contribution in [0.1, 0.15) is 17.5 Å². The Morgan fingerprint density at radius 2 is 1.80 bits per heavy atom. The van der Waals surface area contributed by atoms with Gasteiger partial charge in [-0.05, 0) is 18.1 Å². The van der Waals surface area contributed by atoms with E-state index in [1.165, 1.54) is 0 Å². The molecule has 0 aliphatic carbocycles. The summed E-state index contributed by atoms with van der Waals surface area (Å²) in [6.07, 6.45) is 2.65. The molecule has 20 heavy (non-hydrogen) atoms. The summed E-state index contributed by atoms with van der Waals surface area (Å²) < 4.78 is 0.